The minimum Gasteiger partial charge on any atom is -0.310 e. The highest BCUT2D eigenvalue weighted by atomic mass is 15.1. The molecular weight excluding hydrogens is 1040 g/mol. The molecule has 0 spiro atoms. The zero-order valence-electron chi connectivity index (χ0n) is 47.1. The van der Waals surface area contributed by atoms with E-state index in [0.717, 1.165) is 34.1 Å². The van der Waals surface area contributed by atoms with Crippen LogP contribution in [0.25, 0.3) is 131 Å². The molecule has 0 unspecified atom stereocenters. The van der Waals surface area contributed by atoms with E-state index >= 15 is 0 Å². The van der Waals surface area contributed by atoms with Gasteiger partial charge in [0.1, 0.15) is 0 Å². The predicted octanol–water partition coefficient (Wildman–Crippen LogP) is 23.9. The molecule has 0 radical (unpaired) electrons. The van der Waals surface area contributed by atoms with E-state index in [0.29, 0.717) is 0 Å². The second kappa shape index (κ2) is 20.2. The van der Waals surface area contributed by atoms with Crippen molar-refractivity contribution in [3.05, 3.63) is 328 Å². The van der Waals surface area contributed by atoms with Gasteiger partial charge in [-0.15, -0.1) is 0 Å². The summed E-state index contributed by atoms with van der Waals surface area (Å²) in [5, 5.41) is 14.7. The summed E-state index contributed by atoms with van der Waals surface area (Å²) >= 11 is 0. The first-order valence-electron chi connectivity index (χ1n) is 29.7. The number of rotatable bonds is 10. The fourth-order valence-corrected chi connectivity index (χ4v) is 14.0. The highest BCUT2D eigenvalue weighted by Crippen LogP contribution is 2.53. The minimum atomic E-state index is 1.10. The zero-order valence-corrected chi connectivity index (χ0v) is 47.1. The molecule has 0 aliphatic heterocycles. The third-order valence-electron chi connectivity index (χ3n) is 17.8. The topological polar surface area (TPSA) is 6.48 Å². The molecule has 17 rings (SSSR count). The van der Waals surface area contributed by atoms with Gasteiger partial charge in [0.2, 0.25) is 0 Å². The largest absolute Gasteiger partial charge is 0.310 e. The van der Waals surface area contributed by atoms with Crippen LogP contribution in [0.1, 0.15) is 0 Å². The van der Waals surface area contributed by atoms with E-state index in [9.17, 15) is 0 Å². The Labute approximate surface area is 500 Å². The smallest absolute Gasteiger partial charge is 0.0468 e. The van der Waals surface area contributed by atoms with E-state index in [1.54, 1.807) is 0 Å². The Morgan fingerprint density at radius 2 is 0.407 bits per heavy atom. The number of benzene rings is 16. The standard InChI is InChI=1S/C84H54N2/c1-7-23-55(24-8-1)81-73-37-21-19-35-69(73)71-45-43-67(53-79(71)83(81)57-27-11-3-12-28-57)85(63-31-15-5-16-32-63)65-41-39-59-49-75-76-50-60-40-42-66(48-62(60)52-78(76)77(75)51-61(59)47-65)86(64-33-17-6-18-34-64)68-44-46-72-70-36-20-22-38-74(70)82(56-25-9-2-10-26-56)84(80(72)54-68)58-29-13-4-14-30-58/h1-54H. The van der Waals surface area contributed by atoms with Crippen molar-refractivity contribution in [2.24, 2.45) is 0 Å². The first kappa shape index (κ1) is 49.3. The second-order valence-corrected chi connectivity index (χ2v) is 22.7. The highest BCUT2D eigenvalue weighted by molar-refractivity contribution is 6.24. The van der Waals surface area contributed by atoms with Crippen LogP contribution in [0.2, 0.25) is 0 Å². The van der Waals surface area contributed by atoms with Gasteiger partial charge < -0.3 is 9.80 Å². The molecule has 0 heterocycles. The summed E-state index contributed by atoms with van der Waals surface area (Å²) in [6, 6.07) is 121. The Kier molecular flexibility index (Phi) is 11.6. The van der Waals surface area contributed by atoms with Crippen molar-refractivity contribution in [1.82, 2.24) is 0 Å². The van der Waals surface area contributed by atoms with E-state index in [1.807, 2.05) is 0 Å². The van der Waals surface area contributed by atoms with Crippen LogP contribution < -0.4 is 9.80 Å². The molecule has 16 aromatic rings. The Morgan fingerprint density at radius 3 is 0.756 bits per heavy atom. The van der Waals surface area contributed by atoms with Gasteiger partial charge in [-0.2, -0.15) is 0 Å². The number of anilines is 6. The monoisotopic (exact) mass is 1090 g/mol. The van der Waals surface area contributed by atoms with E-state index < -0.39 is 0 Å². The Morgan fingerprint density at radius 1 is 0.151 bits per heavy atom. The third kappa shape index (κ3) is 8.10. The summed E-state index contributed by atoms with van der Waals surface area (Å²) in [7, 11) is 0. The summed E-state index contributed by atoms with van der Waals surface area (Å²) in [6.07, 6.45) is 0. The Balaban J connectivity index is 0.790. The maximum absolute atomic E-state index is 2.42. The molecule has 0 bridgehead atoms. The van der Waals surface area contributed by atoms with Gasteiger partial charge in [0.05, 0.1) is 0 Å². The number of fused-ring (bicyclic) bond motifs is 12. The molecular formula is C84H54N2. The fraction of sp³-hybridized carbons (Fsp3) is 0. The van der Waals surface area contributed by atoms with Gasteiger partial charge in [0, 0.05) is 34.1 Å². The van der Waals surface area contributed by atoms with Crippen molar-refractivity contribution in [3.8, 4) is 66.8 Å². The van der Waals surface area contributed by atoms with Crippen LogP contribution in [0.15, 0.2) is 328 Å². The lowest BCUT2D eigenvalue weighted by Crippen LogP contribution is -2.10. The molecule has 16 aromatic carbocycles. The van der Waals surface area contributed by atoms with Crippen LogP contribution in [0.4, 0.5) is 34.1 Å². The first-order chi connectivity index (χ1) is 42.7. The molecule has 1 aliphatic rings. The van der Waals surface area contributed by atoms with E-state index in [-0.39, 0.29) is 0 Å². The number of hydrogen-bond acceptors (Lipinski definition) is 2. The van der Waals surface area contributed by atoms with Crippen LogP contribution in [-0.2, 0) is 0 Å². The lowest BCUT2D eigenvalue weighted by Gasteiger charge is -2.29. The van der Waals surface area contributed by atoms with Gasteiger partial charge in [-0.25, -0.2) is 0 Å². The molecule has 2 nitrogen and oxygen atoms in total. The normalized spacial score (nSPS) is 11.7. The molecule has 0 saturated heterocycles. The van der Waals surface area contributed by atoms with Crippen molar-refractivity contribution in [3.63, 3.8) is 0 Å². The molecule has 0 atom stereocenters. The minimum absolute atomic E-state index is 1.10. The van der Waals surface area contributed by atoms with Crippen molar-refractivity contribution in [1.29, 1.82) is 0 Å². The van der Waals surface area contributed by atoms with Gasteiger partial charge in [-0.3, -0.25) is 0 Å². The molecule has 0 aromatic heterocycles. The van der Waals surface area contributed by atoms with Crippen molar-refractivity contribution >= 4 is 98.8 Å². The molecule has 400 valence electrons. The van der Waals surface area contributed by atoms with Crippen LogP contribution in [-0.4, -0.2) is 0 Å². The van der Waals surface area contributed by atoms with Gasteiger partial charge in [-0.1, -0.05) is 231 Å². The highest BCUT2D eigenvalue weighted by Gasteiger charge is 2.27. The predicted molar refractivity (Wildman–Crippen MR) is 367 cm³/mol. The van der Waals surface area contributed by atoms with Crippen LogP contribution in [0.3, 0.4) is 0 Å². The van der Waals surface area contributed by atoms with Gasteiger partial charge in [-0.05, 0) is 228 Å². The molecule has 1 aliphatic carbocycles. The van der Waals surface area contributed by atoms with Crippen LogP contribution >= 0.6 is 0 Å². The molecule has 86 heavy (non-hydrogen) atoms. The lowest BCUT2D eigenvalue weighted by atomic mass is 9.78. The summed E-state index contributed by atoms with van der Waals surface area (Å²) in [5.41, 5.74) is 21.5. The first-order valence-corrected chi connectivity index (χ1v) is 29.7. The maximum atomic E-state index is 2.42. The average molecular weight is 1090 g/mol. The quantitative estimate of drug-likeness (QED) is 0.126. The van der Waals surface area contributed by atoms with E-state index in [4.69, 9.17) is 0 Å². The summed E-state index contributed by atoms with van der Waals surface area (Å²) in [4.78, 5) is 4.85. The van der Waals surface area contributed by atoms with Crippen molar-refractivity contribution in [2.45, 2.75) is 0 Å². The average Bonchev–Trinajstić information content (AvgIpc) is 1.29. The van der Waals surface area contributed by atoms with E-state index in [2.05, 4.69) is 337 Å². The number of nitrogens with zero attached hydrogens (tertiary/aromatic N) is 2. The Hall–Kier alpha value is -11.3. The molecule has 0 fully saturated rings. The zero-order chi connectivity index (χ0) is 56.7. The fourth-order valence-electron chi connectivity index (χ4n) is 14.0. The molecule has 0 saturated carbocycles. The molecule has 0 N–H and O–H groups in total. The van der Waals surface area contributed by atoms with Crippen molar-refractivity contribution in [2.75, 3.05) is 9.80 Å². The third-order valence-corrected chi connectivity index (χ3v) is 17.8. The summed E-state index contributed by atoms with van der Waals surface area (Å²) in [5.74, 6) is 0. The molecule has 0 amide bonds. The summed E-state index contributed by atoms with van der Waals surface area (Å²) < 4.78 is 0. The van der Waals surface area contributed by atoms with Crippen molar-refractivity contribution < 1.29 is 0 Å². The van der Waals surface area contributed by atoms with Gasteiger partial charge in [0.25, 0.3) is 0 Å². The van der Waals surface area contributed by atoms with E-state index in [1.165, 1.54) is 131 Å². The van der Waals surface area contributed by atoms with Gasteiger partial charge >= 0.3 is 0 Å². The second-order valence-electron chi connectivity index (χ2n) is 22.7. The lowest BCUT2D eigenvalue weighted by molar-refractivity contribution is 1.29. The SMILES string of the molecule is c1ccc(-c2c(-c3ccccc3)c3cc(N(c4ccccc4)c4ccc5cc6c(cc5c4)-c4cc5cc(N(c7ccccc7)c7ccc8c(c7)c(-c7ccccc7)c(-c7ccccc7)c7ccccc78)ccc5cc4-6)ccc3c3ccccc23)cc1. The van der Waals surface area contributed by atoms with Crippen LogP contribution in [0.5, 0.6) is 0 Å². The number of hydrogen-bond donors (Lipinski definition) is 0. The molecule has 2 heteroatoms. The van der Waals surface area contributed by atoms with Gasteiger partial charge in [0.15, 0.2) is 0 Å². The maximum Gasteiger partial charge on any atom is 0.0468 e. The van der Waals surface area contributed by atoms with Crippen LogP contribution in [0, 0.1) is 0 Å². The number of para-hydroxylation sites is 2. The Bertz CT molecular complexity index is 4980. The summed E-state index contributed by atoms with van der Waals surface area (Å²) in [6.45, 7) is 0.